The predicted octanol–water partition coefficient (Wildman–Crippen LogP) is 0.960. The first kappa shape index (κ1) is 20.1. The first-order valence-corrected chi connectivity index (χ1v) is 10.2. The van der Waals surface area contributed by atoms with Crippen molar-refractivity contribution in [3.8, 4) is 0 Å². The third kappa shape index (κ3) is 4.92. The van der Waals surface area contributed by atoms with Crippen molar-refractivity contribution in [3.05, 3.63) is 34.4 Å². The van der Waals surface area contributed by atoms with Gasteiger partial charge in [0.1, 0.15) is 6.04 Å². The zero-order valence-electron chi connectivity index (χ0n) is 15.1. The highest BCUT2D eigenvalue weighted by molar-refractivity contribution is 7.92. The van der Waals surface area contributed by atoms with Gasteiger partial charge in [0.15, 0.2) is 0 Å². The van der Waals surface area contributed by atoms with Crippen LogP contribution < -0.4 is 9.62 Å². The van der Waals surface area contributed by atoms with Gasteiger partial charge in [-0.25, -0.2) is 8.42 Å². The first-order chi connectivity index (χ1) is 12.1. The number of benzene rings is 1. The Morgan fingerprint density at radius 3 is 2.54 bits per heavy atom. The van der Waals surface area contributed by atoms with Crippen molar-refractivity contribution in [2.75, 3.05) is 30.7 Å². The second kappa shape index (κ2) is 8.00. The lowest BCUT2D eigenvalue weighted by molar-refractivity contribution is -0.384. The van der Waals surface area contributed by atoms with Crippen molar-refractivity contribution >= 4 is 27.3 Å². The van der Waals surface area contributed by atoms with E-state index in [2.05, 4.69) is 10.2 Å². The van der Waals surface area contributed by atoms with Gasteiger partial charge in [-0.2, -0.15) is 0 Å². The van der Waals surface area contributed by atoms with Crippen molar-refractivity contribution < 1.29 is 18.1 Å². The molecule has 1 heterocycles. The number of carbonyl (C=O) groups excluding carboxylic acids is 1. The van der Waals surface area contributed by atoms with Crippen LogP contribution in [-0.2, 0) is 14.8 Å². The Kier molecular flexibility index (Phi) is 6.19. The average molecular weight is 384 g/mol. The molecule has 26 heavy (non-hydrogen) atoms. The molecule has 1 atom stereocenters. The van der Waals surface area contributed by atoms with Gasteiger partial charge in [-0.15, -0.1) is 0 Å². The topological polar surface area (TPSA) is 113 Å². The number of nitrogens with one attached hydrogen (secondary N) is 1. The van der Waals surface area contributed by atoms with Gasteiger partial charge in [-0.1, -0.05) is 6.07 Å². The van der Waals surface area contributed by atoms with E-state index in [1.807, 2.05) is 7.05 Å². The molecule has 1 amide bonds. The highest BCUT2D eigenvalue weighted by Crippen LogP contribution is 2.25. The first-order valence-electron chi connectivity index (χ1n) is 8.32. The number of rotatable bonds is 6. The van der Waals surface area contributed by atoms with E-state index >= 15 is 0 Å². The second-order valence-corrected chi connectivity index (χ2v) is 8.46. The molecule has 0 radical (unpaired) electrons. The summed E-state index contributed by atoms with van der Waals surface area (Å²) >= 11 is 0. The van der Waals surface area contributed by atoms with Crippen LogP contribution in [0.15, 0.2) is 24.3 Å². The van der Waals surface area contributed by atoms with E-state index in [-0.39, 0.29) is 17.4 Å². The summed E-state index contributed by atoms with van der Waals surface area (Å²) in [5.74, 6) is -0.420. The van der Waals surface area contributed by atoms with E-state index in [1.165, 1.54) is 25.1 Å². The van der Waals surface area contributed by atoms with Crippen molar-refractivity contribution in [3.63, 3.8) is 0 Å². The molecule has 0 aromatic heterocycles. The maximum absolute atomic E-state index is 12.6. The lowest BCUT2D eigenvalue weighted by atomic mass is 10.1. The number of hydrogen-bond donors (Lipinski definition) is 1. The van der Waals surface area contributed by atoms with E-state index in [0.29, 0.717) is 0 Å². The summed E-state index contributed by atoms with van der Waals surface area (Å²) in [6.07, 6.45) is 2.57. The van der Waals surface area contributed by atoms with E-state index in [0.717, 1.165) is 42.6 Å². The average Bonchev–Trinajstić information content (AvgIpc) is 2.56. The lowest BCUT2D eigenvalue weighted by Crippen LogP contribution is -2.52. The minimum Gasteiger partial charge on any atom is -0.351 e. The molecular formula is C16H24N4O5S. The summed E-state index contributed by atoms with van der Waals surface area (Å²) in [4.78, 5) is 25.1. The van der Waals surface area contributed by atoms with Crippen molar-refractivity contribution in [1.29, 1.82) is 0 Å². The number of likely N-dealkylation sites (tertiary alicyclic amines) is 1. The van der Waals surface area contributed by atoms with Crippen LogP contribution in [0, 0.1) is 10.1 Å². The molecule has 1 aromatic carbocycles. The number of nitro groups is 1. The second-order valence-electron chi connectivity index (χ2n) is 6.60. The Morgan fingerprint density at radius 2 is 2.00 bits per heavy atom. The molecule has 9 nitrogen and oxygen atoms in total. The smallest absolute Gasteiger partial charge is 0.271 e. The van der Waals surface area contributed by atoms with Gasteiger partial charge >= 0.3 is 0 Å². The zero-order valence-corrected chi connectivity index (χ0v) is 15.9. The molecule has 0 saturated carbocycles. The highest BCUT2D eigenvalue weighted by Gasteiger charge is 2.31. The lowest BCUT2D eigenvalue weighted by Gasteiger charge is -2.32. The Bertz CT molecular complexity index is 775. The fourth-order valence-corrected chi connectivity index (χ4v) is 4.19. The molecule has 1 aliphatic rings. The molecule has 10 heteroatoms. The molecule has 1 saturated heterocycles. The van der Waals surface area contributed by atoms with Crippen LogP contribution in [0.25, 0.3) is 0 Å². The van der Waals surface area contributed by atoms with E-state index < -0.39 is 26.9 Å². The Morgan fingerprint density at radius 1 is 1.38 bits per heavy atom. The normalized spacial score (nSPS) is 17.5. The molecule has 144 valence electrons. The third-order valence-corrected chi connectivity index (χ3v) is 5.69. The quantitative estimate of drug-likeness (QED) is 0.577. The molecule has 1 aromatic rings. The summed E-state index contributed by atoms with van der Waals surface area (Å²) in [6, 6.07) is 4.23. The molecule has 0 spiro atoms. The molecular weight excluding hydrogens is 360 g/mol. The number of anilines is 1. The van der Waals surface area contributed by atoms with Crippen LogP contribution in [0.2, 0.25) is 0 Å². The van der Waals surface area contributed by atoms with Crippen molar-refractivity contribution in [2.24, 2.45) is 0 Å². The number of piperidine rings is 1. The van der Waals surface area contributed by atoms with Crippen LogP contribution in [0.4, 0.5) is 11.4 Å². The molecule has 1 fully saturated rings. The fourth-order valence-electron chi connectivity index (χ4n) is 3.03. The van der Waals surface area contributed by atoms with Crippen LogP contribution >= 0.6 is 0 Å². The van der Waals surface area contributed by atoms with Crippen LogP contribution in [-0.4, -0.2) is 62.6 Å². The zero-order chi connectivity index (χ0) is 19.5. The number of carbonyl (C=O) groups is 1. The Labute approximate surface area is 153 Å². The summed E-state index contributed by atoms with van der Waals surface area (Å²) in [5, 5.41) is 13.9. The number of hydrogen-bond acceptors (Lipinski definition) is 6. The van der Waals surface area contributed by atoms with Crippen LogP contribution in [0.1, 0.15) is 19.8 Å². The molecule has 0 bridgehead atoms. The summed E-state index contributed by atoms with van der Waals surface area (Å²) in [6.45, 7) is 3.20. The summed E-state index contributed by atoms with van der Waals surface area (Å²) < 4.78 is 25.4. The highest BCUT2D eigenvalue weighted by atomic mass is 32.2. The van der Waals surface area contributed by atoms with Gasteiger partial charge in [0.25, 0.3) is 5.69 Å². The number of nitro benzene ring substituents is 1. The van der Waals surface area contributed by atoms with Crippen LogP contribution in [0.5, 0.6) is 0 Å². The van der Waals surface area contributed by atoms with Gasteiger partial charge in [0, 0.05) is 18.2 Å². The monoisotopic (exact) mass is 384 g/mol. The van der Waals surface area contributed by atoms with Crippen molar-refractivity contribution in [2.45, 2.75) is 31.8 Å². The van der Waals surface area contributed by atoms with Gasteiger partial charge in [0.05, 0.1) is 16.9 Å². The van der Waals surface area contributed by atoms with Crippen LogP contribution in [0.3, 0.4) is 0 Å². The molecule has 1 N–H and O–H groups in total. The molecule has 2 rings (SSSR count). The maximum Gasteiger partial charge on any atom is 0.271 e. The fraction of sp³-hybridized carbons (Fsp3) is 0.562. The molecule has 0 aliphatic carbocycles. The third-order valence-electron chi connectivity index (χ3n) is 4.45. The maximum atomic E-state index is 12.6. The van der Waals surface area contributed by atoms with Gasteiger partial charge in [-0.3, -0.25) is 19.2 Å². The number of sulfonamides is 1. The minimum atomic E-state index is -3.81. The number of non-ortho nitro benzene ring substituents is 1. The number of amides is 1. The van der Waals surface area contributed by atoms with Crippen molar-refractivity contribution in [1.82, 2.24) is 10.2 Å². The van der Waals surface area contributed by atoms with E-state index in [4.69, 9.17) is 0 Å². The standard InChI is InChI=1S/C16H24N4O5S/c1-12(16(21)17-13-7-9-18(2)10-8-13)19(26(3,24)25)14-5-4-6-15(11-14)20(22)23/h4-6,11-13H,7-10H2,1-3H3,(H,17,21)/t12-/m0/s1. The summed E-state index contributed by atoms with van der Waals surface area (Å²) in [5.41, 5.74) is -0.146. The number of nitrogens with zero attached hydrogens (tertiary/aromatic N) is 3. The largest absolute Gasteiger partial charge is 0.351 e. The molecule has 1 aliphatic heterocycles. The predicted molar refractivity (Wildman–Crippen MR) is 98.5 cm³/mol. The van der Waals surface area contributed by atoms with E-state index in [1.54, 1.807) is 0 Å². The molecule has 0 unspecified atom stereocenters. The Hall–Kier alpha value is -2.20. The van der Waals surface area contributed by atoms with Gasteiger partial charge < -0.3 is 10.2 Å². The van der Waals surface area contributed by atoms with E-state index in [9.17, 15) is 23.3 Å². The Balaban J connectivity index is 2.22. The van der Waals surface area contributed by atoms with Gasteiger partial charge in [0.2, 0.25) is 15.9 Å². The SMILES string of the molecule is C[C@@H](C(=O)NC1CCN(C)CC1)N(c1cccc([N+](=O)[O-])c1)S(C)(=O)=O. The summed E-state index contributed by atoms with van der Waals surface area (Å²) in [7, 11) is -1.80. The minimum absolute atomic E-state index is 0.00679. The van der Waals surface area contributed by atoms with Gasteiger partial charge in [-0.05, 0) is 46.0 Å².